The van der Waals surface area contributed by atoms with Crippen LogP contribution in [0.1, 0.15) is 11.1 Å². The number of nitrogen functional groups attached to an aromatic ring is 1. The molecule has 0 heterocycles. The Bertz CT molecular complexity index is 495. The van der Waals surface area contributed by atoms with Crippen molar-refractivity contribution in [3.05, 3.63) is 23.3 Å². The van der Waals surface area contributed by atoms with Crippen molar-refractivity contribution in [2.75, 3.05) is 19.8 Å². The molecule has 0 saturated carbocycles. The van der Waals surface area contributed by atoms with Gasteiger partial charge >= 0.3 is 0 Å². The number of nitrogens with two attached hydrogens (primary N) is 1. The zero-order chi connectivity index (χ0) is 12.5. The van der Waals surface area contributed by atoms with Gasteiger partial charge in [0.25, 0.3) is 10.0 Å². The minimum Gasteiger partial charge on any atom is -0.397 e. The summed E-state index contributed by atoms with van der Waals surface area (Å²) in [4.78, 5) is 2.52. The summed E-state index contributed by atoms with van der Waals surface area (Å²) in [5.74, 6) is 0. The Morgan fingerprint density at radius 1 is 1.19 bits per heavy atom. The van der Waals surface area contributed by atoms with Crippen molar-refractivity contribution in [1.29, 1.82) is 0 Å². The average molecular weight is 243 g/mol. The van der Waals surface area contributed by atoms with Gasteiger partial charge in [0.15, 0.2) is 0 Å². The van der Waals surface area contributed by atoms with E-state index >= 15 is 0 Å². The molecule has 6 heteroatoms. The van der Waals surface area contributed by atoms with E-state index in [4.69, 9.17) is 5.73 Å². The van der Waals surface area contributed by atoms with Crippen molar-refractivity contribution in [2.24, 2.45) is 0 Å². The first-order chi connectivity index (χ1) is 7.25. The number of nitrogens with one attached hydrogen (secondary N) is 1. The fraction of sp³-hybridized carbons (Fsp3) is 0.400. The van der Waals surface area contributed by atoms with Crippen molar-refractivity contribution in [2.45, 2.75) is 18.7 Å². The smallest absolute Gasteiger partial charge is 0.255 e. The van der Waals surface area contributed by atoms with Gasteiger partial charge in [-0.15, -0.1) is 4.83 Å². The van der Waals surface area contributed by atoms with Gasteiger partial charge in [-0.3, -0.25) is 0 Å². The molecule has 0 radical (unpaired) electrons. The molecule has 0 aliphatic rings. The molecule has 0 aliphatic heterocycles. The average Bonchev–Trinajstić information content (AvgIpc) is 2.09. The molecule has 0 saturated heterocycles. The normalized spacial score (nSPS) is 12.1. The summed E-state index contributed by atoms with van der Waals surface area (Å²) in [6.07, 6.45) is 0. The lowest BCUT2D eigenvalue weighted by atomic mass is 10.1. The number of hydrogen-bond acceptors (Lipinski definition) is 4. The van der Waals surface area contributed by atoms with Gasteiger partial charge in [0, 0.05) is 14.1 Å². The summed E-state index contributed by atoms with van der Waals surface area (Å²) < 4.78 is 24.0. The van der Waals surface area contributed by atoms with E-state index in [0.29, 0.717) is 11.3 Å². The summed E-state index contributed by atoms with van der Waals surface area (Å²) >= 11 is 0. The number of aryl methyl sites for hydroxylation is 2. The quantitative estimate of drug-likeness (QED) is 0.603. The van der Waals surface area contributed by atoms with E-state index in [1.807, 2.05) is 0 Å². The van der Waals surface area contributed by atoms with Crippen LogP contribution in [0.2, 0.25) is 0 Å². The summed E-state index contributed by atoms with van der Waals surface area (Å²) in [6, 6.07) is 3.55. The predicted octanol–water partition coefficient (Wildman–Crippen LogP) is 0.641. The number of hydrogen-bond donors (Lipinski definition) is 2. The van der Waals surface area contributed by atoms with Crippen molar-refractivity contribution in [1.82, 2.24) is 9.84 Å². The van der Waals surface area contributed by atoms with Gasteiger partial charge in [0.1, 0.15) is 4.90 Å². The van der Waals surface area contributed by atoms with Crippen LogP contribution in [0, 0.1) is 13.8 Å². The number of anilines is 1. The van der Waals surface area contributed by atoms with E-state index < -0.39 is 10.0 Å². The van der Waals surface area contributed by atoms with Gasteiger partial charge in [-0.25, -0.2) is 13.4 Å². The van der Waals surface area contributed by atoms with Crippen molar-refractivity contribution in [3.63, 3.8) is 0 Å². The highest BCUT2D eigenvalue weighted by Crippen LogP contribution is 2.25. The first kappa shape index (κ1) is 13.0. The highest BCUT2D eigenvalue weighted by molar-refractivity contribution is 7.89. The van der Waals surface area contributed by atoms with Crippen LogP contribution in [0.5, 0.6) is 0 Å². The second-order valence-electron chi connectivity index (χ2n) is 3.93. The number of nitrogens with zero attached hydrogens (tertiary/aromatic N) is 1. The molecule has 0 spiro atoms. The van der Waals surface area contributed by atoms with Crippen LogP contribution in [0.15, 0.2) is 17.0 Å². The molecular formula is C10H17N3O2S. The van der Waals surface area contributed by atoms with Gasteiger partial charge in [0.05, 0.1) is 5.69 Å². The molecule has 0 bridgehead atoms. The lowest BCUT2D eigenvalue weighted by molar-refractivity contribution is 0.364. The third-order valence-electron chi connectivity index (χ3n) is 2.18. The second kappa shape index (κ2) is 4.40. The minimum absolute atomic E-state index is 0.154. The third kappa shape index (κ3) is 2.52. The Morgan fingerprint density at radius 3 is 2.19 bits per heavy atom. The van der Waals surface area contributed by atoms with E-state index in [-0.39, 0.29) is 4.90 Å². The van der Waals surface area contributed by atoms with E-state index in [0.717, 1.165) is 5.56 Å². The Morgan fingerprint density at radius 2 is 1.69 bits per heavy atom. The molecular weight excluding hydrogens is 226 g/mol. The molecule has 5 nitrogen and oxygen atoms in total. The zero-order valence-corrected chi connectivity index (χ0v) is 10.7. The number of sulfonamides is 1. The van der Waals surface area contributed by atoms with Gasteiger partial charge in [-0.05, 0) is 25.0 Å². The number of hydrazine groups is 1. The molecule has 1 rings (SSSR count). The van der Waals surface area contributed by atoms with Gasteiger partial charge in [-0.1, -0.05) is 12.1 Å². The highest BCUT2D eigenvalue weighted by Gasteiger charge is 2.21. The molecule has 1 aromatic carbocycles. The van der Waals surface area contributed by atoms with Crippen LogP contribution in [0.25, 0.3) is 0 Å². The minimum atomic E-state index is -3.59. The molecule has 0 amide bonds. The molecule has 0 aliphatic carbocycles. The SMILES string of the molecule is Cc1ccc(C)c(S(=O)(=O)NN(C)C)c1N. The molecule has 0 unspecified atom stereocenters. The molecule has 1 aromatic rings. The van der Waals surface area contributed by atoms with E-state index in [9.17, 15) is 8.42 Å². The lowest BCUT2D eigenvalue weighted by Crippen LogP contribution is -2.36. The topological polar surface area (TPSA) is 75.4 Å². The van der Waals surface area contributed by atoms with Crippen molar-refractivity contribution >= 4 is 15.7 Å². The lowest BCUT2D eigenvalue weighted by Gasteiger charge is -2.16. The molecule has 0 fully saturated rings. The van der Waals surface area contributed by atoms with Crippen LogP contribution in [-0.4, -0.2) is 27.5 Å². The molecule has 16 heavy (non-hydrogen) atoms. The molecule has 0 atom stereocenters. The fourth-order valence-electron chi connectivity index (χ4n) is 1.45. The Labute approximate surface area is 96.3 Å². The summed E-state index contributed by atoms with van der Waals surface area (Å²) in [5, 5.41) is 1.37. The van der Waals surface area contributed by atoms with Crippen LogP contribution >= 0.6 is 0 Å². The molecule has 0 aromatic heterocycles. The van der Waals surface area contributed by atoms with Crippen LogP contribution in [0.3, 0.4) is 0 Å². The maximum atomic E-state index is 12.0. The fourth-order valence-corrected chi connectivity index (χ4v) is 2.96. The first-order valence-electron chi connectivity index (χ1n) is 4.81. The monoisotopic (exact) mass is 243 g/mol. The summed E-state index contributed by atoms with van der Waals surface area (Å²) in [7, 11) is -0.372. The van der Waals surface area contributed by atoms with Crippen LogP contribution in [-0.2, 0) is 10.0 Å². The maximum Gasteiger partial charge on any atom is 0.255 e. The van der Waals surface area contributed by atoms with Gasteiger partial charge < -0.3 is 5.73 Å². The Kier molecular flexibility index (Phi) is 3.57. The predicted molar refractivity (Wildman–Crippen MR) is 64.3 cm³/mol. The number of rotatable bonds is 3. The summed E-state index contributed by atoms with van der Waals surface area (Å²) in [5.41, 5.74) is 7.50. The Balaban J connectivity index is 3.38. The standard InChI is InChI=1S/C10H17N3O2S/c1-7-5-6-8(2)10(9(7)11)16(14,15)12-13(3)4/h5-6,12H,11H2,1-4H3. The van der Waals surface area contributed by atoms with E-state index in [2.05, 4.69) is 4.83 Å². The third-order valence-corrected chi connectivity index (χ3v) is 3.87. The van der Waals surface area contributed by atoms with Gasteiger partial charge in [-0.2, -0.15) is 0 Å². The first-order valence-corrected chi connectivity index (χ1v) is 6.29. The zero-order valence-electron chi connectivity index (χ0n) is 9.90. The van der Waals surface area contributed by atoms with Crippen LogP contribution in [0.4, 0.5) is 5.69 Å². The molecule has 3 N–H and O–H groups in total. The van der Waals surface area contributed by atoms with Crippen molar-refractivity contribution in [3.8, 4) is 0 Å². The number of benzene rings is 1. The summed E-state index contributed by atoms with van der Waals surface area (Å²) in [6.45, 7) is 3.50. The van der Waals surface area contributed by atoms with Crippen LogP contribution < -0.4 is 10.6 Å². The maximum absolute atomic E-state index is 12.0. The highest BCUT2D eigenvalue weighted by atomic mass is 32.2. The van der Waals surface area contributed by atoms with Gasteiger partial charge in [0.2, 0.25) is 0 Å². The largest absolute Gasteiger partial charge is 0.397 e. The van der Waals surface area contributed by atoms with Crippen molar-refractivity contribution < 1.29 is 8.42 Å². The second-order valence-corrected chi connectivity index (χ2v) is 5.53. The van der Waals surface area contributed by atoms with E-state index in [1.54, 1.807) is 40.1 Å². The van der Waals surface area contributed by atoms with E-state index in [1.165, 1.54) is 5.01 Å². The Hall–Kier alpha value is -1.11. The molecule has 90 valence electrons.